The zero-order chi connectivity index (χ0) is 65.5. The number of hydrogen-bond donors (Lipinski definition) is 0. The third kappa shape index (κ3) is 46.6. The Bertz CT molecular complexity index is 2910. The van der Waals surface area contributed by atoms with Crippen LogP contribution < -0.4 is 20.4 Å². The van der Waals surface area contributed by atoms with E-state index in [0.29, 0.717) is 45.6 Å². The van der Waals surface area contributed by atoms with Crippen LogP contribution in [-0.4, -0.2) is 118 Å². The van der Waals surface area contributed by atoms with Gasteiger partial charge in [-0.25, -0.2) is 0 Å². The van der Waals surface area contributed by atoms with Gasteiger partial charge in [-0.3, -0.25) is 39.9 Å². The summed E-state index contributed by atoms with van der Waals surface area (Å²) in [5, 5.41) is 135. The predicted octanol–water partition coefficient (Wildman–Crippen LogP) is 1.42. The van der Waals surface area contributed by atoms with Gasteiger partial charge >= 0.3 is 68.3 Å². The van der Waals surface area contributed by atoms with Gasteiger partial charge in [0, 0.05) is 73.2 Å². The first-order valence-electron chi connectivity index (χ1n) is 23.8. The summed E-state index contributed by atoms with van der Waals surface area (Å²) in [6.45, 7) is 6.99. The molecule has 508 valence electrons. The largest absolute Gasteiger partial charge is 2.00 e. The predicted molar refractivity (Wildman–Crippen MR) is 318 cm³/mol. The topological polar surface area (TPSA) is 622 Å². The molecule has 4 radical (unpaired) electrons. The molecule has 0 saturated carbocycles. The summed E-state index contributed by atoms with van der Waals surface area (Å²) in [4.78, 5) is 65.1. The van der Waals surface area contributed by atoms with E-state index in [1.54, 1.807) is 150 Å². The molecule has 8 aromatic rings. The van der Waals surface area contributed by atoms with Gasteiger partial charge in [0.15, 0.2) is 0 Å². The van der Waals surface area contributed by atoms with Crippen LogP contribution in [0.4, 0.5) is 0 Å². The zero-order valence-electron chi connectivity index (χ0n) is 48.2. The quantitative estimate of drug-likeness (QED) is 0.0548. The second-order valence-electron chi connectivity index (χ2n) is 15.0. The van der Waals surface area contributed by atoms with E-state index in [2.05, 4.69) is 80.7 Å². The van der Waals surface area contributed by atoms with Crippen LogP contribution in [0.1, 0.15) is 73.2 Å². The maximum atomic E-state index is 11.6. The van der Waals surface area contributed by atoms with Crippen molar-refractivity contribution < 1.29 is 120 Å². The molecule has 8 heterocycles. The van der Waals surface area contributed by atoms with E-state index < -0.39 is 43.9 Å². The molecule has 0 fully saturated rings. The average molecular weight is 1500 g/mol. The van der Waals surface area contributed by atoms with Gasteiger partial charge in [0.05, 0.1) is 88.7 Å². The van der Waals surface area contributed by atoms with Crippen molar-refractivity contribution in [2.45, 2.75) is 27.7 Å². The van der Waals surface area contributed by atoms with E-state index in [1.807, 2.05) is 48.5 Å². The molecular formula is C52H48Cu4N20O18. The van der Waals surface area contributed by atoms with Crippen LogP contribution in [0.25, 0.3) is 0 Å². The van der Waals surface area contributed by atoms with Gasteiger partial charge in [0.2, 0.25) is 0 Å². The van der Waals surface area contributed by atoms with E-state index in [1.165, 1.54) is 24.8 Å². The van der Waals surface area contributed by atoms with Gasteiger partial charge in [-0.2, -0.15) is 40.8 Å². The summed E-state index contributed by atoms with van der Waals surface area (Å²) in [5.74, 6) is -1.87. The van der Waals surface area contributed by atoms with Crippen LogP contribution in [0.2, 0.25) is 0 Å². The molecule has 0 aliphatic carbocycles. The van der Waals surface area contributed by atoms with Crippen molar-refractivity contribution in [3.8, 4) is 0 Å². The number of pyridine rings is 8. The Morgan fingerprint density at radius 2 is 0.372 bits per heavy atom. The third-order valence-electron chi connectivity index (χ3n) is 8.84. The molecule has 0 aliphatic rings. The molecule has 0 unspecified atom stereocenters. The van der Waals surface area contributed by atoms with Crippen molar-refractivity contribution in [1.82, 2.24) is 39.9 Å². The van der Waals surface area contributed by atoms with E-state index in [-0.39, 0.29) is 102 Å². The zero-order valence-corrected chi connectivity index (χ0v) is 51.9. The van der Waals surface area contributed by atoms with Crippen molar-refractivity contribution in [1.29, 1.82) is 0 Å². The van der Waals surface area contributed by atoms with Crippen molar-refractivity contribution in [3.05, 3.63) is 302 Å². The maximum Gasteiger partial charge on any atom is 2.00 e. The van der Waals surface area contributed by atoms with Gasteiger partial charge in [0.1, 0.15) is 0 Å². The summed E-state index contributed by atoms with van der Waals surface area (Å²) in [6, 6.07) is 42.1. The Morgan fingerprint density at radius 3 is 0.479 bits per heavy atom. The monoisotopic (exact) mass is 1490 g/mol. The molecule has 8 rings (SSSR count). The van der Waals surface area contributed by atoms with Crippen LogP contribution in [0.3, 0.4) is 0 Å². The van der Waals surface area contributed by atoms with E-state index in [9.17, 15) is 20.4 Å². The van der Waals surface area contributed by atoms with Gasteiger partial charge in [0.25, 0.3) is 0 Å². The smallest absolute Gasteiger partial charge is 0.856 e. The van der Waals surface area contributed by atoms with Crippen LogP contribution >= 0.6 is 0 Å². The molecule has 0 aromatic carbocycles. The second-order valence-corrected chi connectivity index (χ2v) is 15.0. The Morgan fingerprint density at radius 1 is 0.255 bits per heavy atom. The minimum Gasteiger partial charge on any atom is -0.856 e. The number of rotatable bonds is 12. The molecule has 0 saturated heterocycles. The molecular weight excluding hydrogens is 1450 g/mol. The molecule has 8 aromatic heterocycles. The van der Waals surface area contributed by atoms with Crippen LogP contribution in [0.15, 0.2) is 236 Å². The molecule has 0 amide bonds. The summed E-state index contributed by atoms with van der Waals surface area (Å²) in [5.41, 5.74) is 6.19. The van der Waals surface area contributed by atoms with E-state index in [4.69, 9.17) is 61.3 Å². The number of nitrogens with zero attached hydrogens (tertiary/aromatic N) is 20. The number of hydrogen-bond acceptors (Lipinski definition) is 32. The van der Waals surface area contributed by atoms with Crippen molar-refractivity contribution in [2.24, 2.45) is 40.8 Å². The Labute approximate surface area is 573 Å². The van der Waals surface area contributed by atoms with Gasteiger partial charge in [-0.15, -0.1) is 0 Å². The summed E-state index contributed by atoms with van der Waals surface area (Å²) >= 11 is 0. The van der Waals surface area contributed by atoms with Crippen molar-refractivity contribution in [3.63, 3.8) is 0 Å². The molecule has 4 N–H and O–H groups in total. The fourth-order valence-electron chi connectivity index (χ4n) is 5.16. The summed E-state index contributed by atoms with van der Waals surface area (Å²) < 4.78 is 0. The normalized spacial score (nSPS) is 10.6. The Balaban J connectivity index is -0.000000249. The van der Waals surface area contributed by atoms with Gasteiger partial charge in [-0.1, -0.05) is 48.5 Å². The second kappa shape index (κ2) is 56.8. The fourth-order valence-corrected chi connectivity index (χ4v) is 5.16. The first-order chi connectivity index (χ1) is 42.0. The maximum absolute atomic E-state index is 11.6. The minimum absolute atomic E-state index is 0. The molecule has 0 bridgehead atoms. The first kappa shape index (κ1) is 93.7. The Kier molecular flexibility index (Phi) is 56.6. The molecule has 94 heavy (non-hydrogen) atoms. The third-order valence-corrected chi connectivity index (χ3v) is 8.84. The molecule has 42 heteroatoms. The number of aromatic nitrogens is 8. The summed E-state index contributed by atoms with van der Waals surface area (Å²) in [6.07, 6.45) is 12.8. The Hall–Kier alpha value is -11.4. The minimum atomic E-state index is -1.75. The molecule has 0 atom stereocenters. The van der Waals surface area contributed by atoms with Gasteiger partial charge < -0.3 is 92.7 Å². The van der Waals surface area contributed by atoms with E-state index >= 15 is 0 Å². The molecule has 0 aliphatic heterocycles. The van der Waals surface area contributed by atoms with E-state index in [0.717, 1.165) is 0 Å². The van der Waals surface area contributed by atoms with Crippen LogP contribution in [0.5, 0.6) is 0 Å². The first-order valence-corrected chi connectivity index (χ1v) is 23.8. The average Bonchev–Trinajstić information content (AvgIpc) is 1.63. The van der Waals surface area contributed by atoms with Gasteiger partial charge in [-0.05, 0) is 125 Å². The SMILES string of the molecule is C/C(=N\N=C(/[O-])c1ccccn1)c1ccccn1.C/C(=N\N=C(/[O-])c1ccccn1)c1ccccn1.C/C(=N\N=C(/[O-])c1ccccn1)c1ccccn1.C/C(=N\N=C(/[O-])c1ccccn1)c1ccccn1.O.O.O=[N+]([O-])[O-].O=[N+]([O-])[O-].O=[N+]([O-])[O-].O=[N+]([O-])[O-].[Cu+2].[Cu+2].[Cu+2].[Cu+2]. The molecule has 0 spiro atoms. The van der Waals surface area contributed by atoms with Crippen LogP contribution in [-0.2, 0) is 68.3 Å². The van der Waals surface area contributed by atoms with Crippen LogP contribution in [0, 0.1) is 61.3 Å². The van der Waals surface area contributed by atoms with Crippen molar-refractivity contribution >= 4 is 46.4 Å². The van der Waals surface area contributed by atoms with Crippen molar-refractivity contribution in [2.75, 3.05) is 0 Å². The molecule has 38 nitrogen and oxygen atoms in total. The summed E-state index contributed by atoms with van der Waals surface area (Å²) in [7, 11) is 0. The fraction of sp³-hybridized carbons (Fsp3) is 0.0769. The standard InChI is InChI=1S/4C13H12N4O.4Cu.4NO3.2H2O/c4*1-10(11-6-2-4-8-14-11)16-17-13(18)12-7-3-5-9-15-12;;;;;4*2-1(3)4;;/h4*2-9H,1H3,(H,17,18);;;;;;;;;2*1H2/q;;;;4*+2;4*-1;;/p-4/b4*16-10+;;;;;;;;;;.